The first kappa shape index (κ1) is 9.96. The monoisotopic (exact) mass is 206 g/mol. The molecule has 0 atom stereocenters. The molecule has 0 fully saturated rings. The molecule has 2 rings (SSSR count). The molecule has 2 aromatic rings. The maximum absolute atomic E-state index is 5.28. The van der Waals surface area contributed by atoms with Crippen LogP contribution in [0.25, 0.3) is 11.5 Å². The summed E-state index contributed by atoms with van der Waals surface area (Å²) in [6.45, 7) is 8.01. The molecule has 15 heavy (non-hydrogen) atoms. The smallest absolute Gasteiger partial charge is 0.192 e. The summed E-state index contributed by atoms with van der Waals surface area (Å²) in [5, 5.41) is 7.90. The van der Waals surface area contributed by atoms with Crippen molar-refractivity contribution in [2.24, 2.45) is 0 Å². The summed E-state index contributed by atoms with van der Waals surface area (Å²) in [4.78, 5) is 0. The molecule has 0 radical (unpaired) electrons. The van der Waals surface area contributed by atoms with Gasteiger partial charge in [-0.25, -0.2) is 0 Å². The molecule has 0 bridgehead atoms. The largest absolute Gasteiger partial charge is 0.361 e. The van der Waals surface area contributed by atoms with Crippen molar-refractivity contribution in [1.82, 2.24) is 10.3 Å². The third-order valence-corrected chi connectivity index (χ3v) is 2.35. The van der Waals surface area contributed by atoms with Crippen LogP contribution < -0.4 is 0 Å². The van der Waals surface area contributed by atoms with Gasteiger partial charge in [0.1, 0.15) is 5.76 Å². The highest BCUT2D eigenvalue weighted by Crippen LogP contribution is 2.31. The molecule has 4 heteroatoms. The van der Waals surface area contributed by atoms with E-state index >= 15 is 0 Å². The van der Waals surface area contributed by atoms with Crippen molar-refractivity contribution in [3.63, 3.8) is 0 Å². The zero-order valence-electron chi connectivity index (χ0n) is 9.37. The van der Waals surface area contributed by atoms with Crippen LogP contribution in [0.4, 0.5) is 0 Å². The summed E-state index contributed by atoms with van der Waals surface area (Å²) in [7, 11) is 0. The van der Waals surface area contributed by atoms with E-state index in [0.29, 0.717) is 5.92 Å². The van der Waals surface area contributed by atoms with Crippen LogP contribution in [0, 0.1) is 13.8 Å². The normalized spacial score (nSPS) is 11.3. The average molecular weight is 206 g/mol. The lowest BCUT2D eigenvalue weighted by atomic mass is 10.00. The standard InChI is InChI=1S/C11H14N2O2/c1-6(2)10-8(4)12-15-11(10)9-5-7(3)14-13-9/h5-6H,1-4H3. The van der Waals surface area contributed by atoms with Crippen molar-refractivity contribution >= 4 is 0 Å². The summed E-state index contributed by atoms with van der Waals surface area (Å²) in [5.74, 6) is 1.86. The fraction of sp³-hybridized carbons (Fsp3) is 0.455. The van der Waals surface area contributed by atoms with Gasteiger partial charge in [-0.3, -0.25) is 0 Å². The van der Waals surface area contributed by atoms with E-state index in [9.17, 15) is 0 Å². The van der Waals surface area contributed by atoms with E-state index in [4.69, 9.17) is 9.05 Å². The summed E-state index contributed by atoms with van der Waals surface area (Å²) in [6.07, 6.45) is 0. The highest BCUT2D eigenvalue weighted by Gasteiger charge is 2.20. The minimum Gasteiger partial charge on any atom is -0.361 e. The van der Waals surface area contributed by atoms with Gasteiger partial charge in [0.05, 0.1) is 5.69 Å². The van der Waals surface area contributed by atoms with E-state index in [1.54, 1.807) is 0 Å². The SMILES string of the molecule is Cc1cc(-c2onc(C)c2C(C)C)no1. The van der Waals surface area contributed by atoms with Crippen molar-refractivity contribution in [3.8, 4) is 11.5 Å². The van der Waals surface area contributed by atoms with E-state index in [1.807, 2.05) is 19.9 Å². The van der Waals surface area contributed by atoms with Crippen molar-refractivity contribution < 1.29 is 9.05 Å². The highest BCUT2D eigenvalue weighted by atomic mass is 16.5. The quantitative estimate of drug-likeness (QED) is 0.757. The zero-order chi connectivity index (χ0) is 11.0. The number of hydrogen-bond donors (Lipinski definition) is 0. The molecular weight excluding hydrogens is 192 g/mol. The van der Waals surface area contributed by atoms with Gasteiger partial charge < -0.3 is 9.05 Å². The Morgan fingerprint density at radius 2 is 1.87 bits per heavy atom. The van der Waals surface area contributed by atoms with Crippen molar-refractivity contribution in [2.75, 3.05) is 0 Å². The number of nitrogens with zero attached hydrogens (tertiary/aromatic N) is 2. The van der Waals surface area contributed by atoms with E-state index in [1.165, 1.54) is 0 Å². The minimum absolute atomic E-state index is 0.364. The van der Waals surface area contributed by atoms with E-state index in [0.717, 1.165) is 28.5 Å². The molecule has 80 valence electrons. The van der Waals surface area contributed by atoms with Gasteiger partial charge in [-0.1, -0.05) is 24.2 Å². The number of rotatable bonds is 2. The van der Waals surface area contributed by atoms with Crippen LogP contribution in [0.15, 0.2) is 15.1 Å². The fourth-order valence-corrected chi connectivity index (χ4v) is 1.71. The Labute approximate surface area is 88.2 Å². The highest BCUT2D eigenvalue weighted by molar-refractivity contribution is 5.58. The third kappa shape index (κ3) is 1.67. The van der Waals surface area contributed by atoms with Crippen LogP contribution in [0.1, 0.15) is 36.8 Å². The lowest BCUT2D eigenvalue weighted by Crippen LogP contribution is -1.91. The van der Waals surface area contributed by atoms with Crippen molar-refractivity contribution in [3.05, 3.63) is 23.1 Å². The Morgan fingerprint density at radius 3 is 2.40 bits per heavy atom. The van der Waals surface area contributed by atoms with Crippen molar-refractivity contribution in [2.45, 2.75) is 33.6 Å². The summed E-state index contributed by atoms with van der Waals surface area (Å²) in [5.41, 5.74) is 2.74. The van der Waals surface area contributed by atoms with Crippen LogP contribution >= 0.6 is 0 Å². The fourth-order valence-electron chi connectivity index (χ4n) is 1.71. The molecule has 0 aliphatic heterocycles. The van der Waals surface area contributed by atoms with Crippen LogP contribution in [0.2, 0.25) is 0 Å². The lowest BCUT2D eigenvalue weighted by Gasteiger charge is -2.02. The van der Waals surface area contributed by atoms with E-state index < -0.39 is 0 Å². The van der Waals surface area contributed by atoms with Crippen LogP contribution in [0.3, 0.4) is 0 Å². The second kappa shape index (κ2) is 3.53. The average Bonchev–Trinajstić information content (AvgIpc) is 2.71. The molecule has 2 heterocycles. The summed E-state index contributed by atoms with van der Waals surface area (Å²) >= 11 is 0. The predicted octanol–water partition coefficient (Wildman–Crippen LogP) is 3.07. The maximum Gasteiger partial charge on any atom is 0.192 e. The molecule has 0 saturated carbocycles. The second-order valence-corrected chi connectivity index (χ2v) is 3.99. The third-order valence-electron chi connectivity index (χ3n) is 2.35. The molecule has 0 unspecified atom stereocenters. The Hall–Kier alpha value is -1.58. The Morgan fingerprint density at radius 1 is 1.13 bits per heavy atom. The Kier molecular flexibility index (Phi) is 2.34. The molecule has 0 aromatic carbocycles. The number of hydrogen-bond acceptors (Lipinski definition) is 4. The minimum atomic E-state index is 0.364. The van der Waals surface area contributed by atoms with Gasteiger partial charge in [0.25, 0.3) is 0 Å². The molecule has 4 nitrogen and oxygen atoms in total. The first-order valence-electron chi connectivity index (χ1n) is 4.99. The second-order valence-electron chi connectivity index (χ2n) is 3.99. The first-order valence-corrected chi connectivity index (χ1v) is 4.99. The molecule has 0 spiro atoms. The number of aromatic nitrogens is 2. The Balaban J connectivity index is 2.53. The lowest BCUT2D eigenvalue weighted by molar-refractivity contribution is 0.389. The van der Waals surface area contributed by atoms with Gasteiger partial charge in [-0.05, 0) is 19.8 Å². The van der Waals surface area contributed by atoms with Gasteiger partial charge in [-0.15, -0.1) is 0 Å². The molecule has 0 aliphatic carbocycles. The van der Waals surface area contributed by atoms with Gasteiger partial charge in [0.15, 0.2) is 11.5 Å². The molecule has 0 N–H and O–H groups in total. The van der Waals surface area contributed by atoms with Gasteiger partial charge >= 0.3 is 0 Å². The molecular formula is C11H14N2O2. The topological polar surface area (TPSA) is 52.1 Å². The van der Waals surface area contributed by atoms with Gasteiger partial charge in [0, 0.05) is 11.6 Å². The molecule has 0 aliphatic rings. The summed E-state index contributed by atoms with van der Waals surface area (Å²) in [6, 6.07) is 1.85. The Bertz CT molecular complexity index is 469. The van der Waals surface area contributed by atoms with Crippen molar-refractivity contribution in [1.29, 1.82) is 0 Å². The van der Waals surface area contributed by atoms with Gasteiger partial charge in [-0.2, -0.15) is 0 Å². The maximum atomic E-state index is 5.28. The predicted molar refractivity (Wildman–Crippen MR) is 55.6 cm³/mol. The zero-order valence-corrected chi connectivity index (χ0v) is 9.37. The van der Waals surface area contributed by atoms with Crippen LogP contribution in [-0.4, -0.2) is 10.3 Å². The molecule has 2 aromatic heterocycles. The van der Waals surface area contributed by atoms with Crippen LogP contribution in [0.5, 0.6) is 0 Å². The van der Waals surface area contributed by atoms with Crippen LogP contribution in [-0.2, 0) is 0 Å². The summed E-state index contributed by atoms with van der Waals surface area (Å²) < 4.78 is 10.3. The first-order chi connectivity index (χ1) is 7.09. The number of aryl methyl sites for hydroxylation is 2. The van der Waals surface area contributed by atoms with E-state index in [2.05, 4.69) is 24.2 Å². The van der Waals surface area contributed by atoms with Gasteiger partial charge in [0.2, 0.25) is 0 Å². The van der Waals surface area contributed by atoms with E-state index in [-0.39, 0.29) is 0 Å². The molecule has 0 amide bonds. The molecule has 0 saturated heterocycles.